The summed E-state index contributed by atoms with van der Waals surface area (Å²) in [6.45, 7) is 1.66. The predicted molar refractivity (Wildman–Crippen MR) is 82.0 cm³/mol. The van der Waals surface area contributed by atoms with Crippen molar-refractivity contribution in [3.8, 4) is 22.9 Å². The smallest absolute Gasteiger partial charge is 0.122 e. The van der Waals surface area contributed by atoms with Gasteiger partial charge in [0, 0.05) is 18.0 Å². The fourth-order valence-corrected chi connectivity index (χ4v) is 1.64. The Morgan fingerprint density at radius 1 is 0.667 bits per heavy atom. The third kappa shape index (κ3) is 4.04. The van der Waals surface area contributed by atoms with Crippen molar-refractivity contribution in [2.75, 3.05) is 0 Å². The minimum Gasteiger partial charge on any atom is -0.508 e. The van der Waals surface area contributed by atoms with E-state index in [9.17, 15) is 0 Å². The first kappa shape index (κ1) is 14.5. The summed E-state index contributed by atoms with van der Waals surface area (Å²) in [4.78, 5) is 8.37. The Labute approximate surface area is 123 Å². The molecule has 0 aliphatic rings. The molecule has 3 aromatic rings. The number of nitrogens with zero attached hydrogens (tertiary/aromatic N) is 2. The van der Waals surface area contributed by atoms with Crippen molar-refractivity contribution in [2.45, 2.75) is 6.92 Å². The van der Waals surface area contributed by atoms with Gasteiger partial charge in [0.05, 0.1) is 11.4 Å². The van der Waals surface area contributed by atoms with Gasteiger partial charge in [0.15, 0.2) is 0 Å². The highest BCUT2D eigenvalue weighted by Gasteiger charge is 1.97. The van der Waals surface area contributed by atoms with Crippen LogP contribution in [0.15, 0.2) is 67.0 Å². The lowest BCUT2D eigenvalue weighted by molar-refractivity contribution is 0.443. The van der Waals surface area contributed by atoms with Crippen molar-refractivity contribution < 1.29 is 10.2 Å². The molecule has 0 spiro atoms. The van der Waals surface area contributed by atoms with Gasteiger partial charge in [0.25, 0.3) is 0 Å². The van der Waals surface area contributed by atoms with E-state index in [1.165, 1.54) is 12.1 Å². The van der Waals surface area contributed by atoms with E-state index in [-0.39, 0.29) is 11.5 Å². The maximum Gasteiger partial charge on any atom is 0.122 e. The fourth-order valence-electron chi connectivity index (χ4n) is 1.64. The molecule has 0 amide bonds. The number of rotatable bonds is 1. The van der Waals surface area contributed by atoms with Crippen LogP contribution < -0.4 is 0 Å². The average molecular weight is 280 g/mol. The number of hydrogen-bond donors (Lipinski definition) is 2. The van der Waals surface area contributed by atoms with Gasteiger partial charge in [-0.3, -0.25) is 9.97 Å². The Balaban J connectivity index is 0.000000161. The van der Waals surface area contributed by atoms with Gasteiger partial charge in [0.1, 0.15) is 11.5 Å². The van der Waals surface area contributed by atoms with E-state index in [0.29, 0.717) is 5.56 Å². The van der Waals surface area contributed by atoms with Crippen molar-refractivity contribution in [3.05, 3.63) is 72.6 Å². The molecule has 0 fully saturated rings. The zero-order valence-corrected chi connectivity index (χ0v) is 11.6. The van der Waals surface area contributed by atoms with E-state index in [1.54, 1.807) is 25.4 Å². The summed E-state index contributed by atoms with van der Waals surface area (Å²) in [5.41, 5.74) is 2.36. The van der Waals surface area contributed by atoms with Gasteiger partial charge in [-0.25, -0.2) is 0 Å². The molecule has 2 heterocycles. The molecule has 1 aromatic carbocycles. The third-order valence-electron chi connectivity index (χ3n) is 2.87. The van der Waals surface area contributed by atoms with E-state index < -0.39 is 0 Å². The number of benzene rings is 1. The SMILES string of the molecule is Cc1c(O)cccc1O.c1ccc(-c2ccccn2)nc1. The van der Waals surface area contributed by atoms with Crippen LogP contribution >= 0.6 is 0 Å². The molecule has 106 valence electrons. The molecule has 4 nitrogen and oxygen atoms in total. The van der Waals surface area contributed by atoms with Crippen molar-refractivity contribution in [1.82, 2.24) is 9.97 Å². The molecular weight excluding hydrogens is 264 g/mol. The number of phenols is 2. The molecule has 0 aliphatic carbocycles. The van der Waals surface area contributed by atoms with Crippen LogP contribution in [0.5, 0.6) is 11.5 Å². The first-order valence-electron chi connectivity index (χ1n) is 6.48. The maximum absolute atomic E-state index is 8.94. The first-order valence-corrected chi connectivity index (χ1v) is 6.48. The summed E-state index contributed by atoms with van der Waals surface area (Å²) < 4.78 is 0. The van der Waals surface area contributed by atoms with Gasteiger partial charge in [-0.1, -0.05) is 18.2 Å². The first-order chi connectivity index (χ1) is 10.2. The fraction of sp³-hybridized carbons (Fsp3) is 0.0588. The highest BCUT2D eigenvalue weighted by atomic mass is 16.3. The van der Waals surface area contributed by atoms with E-state index in [4.69, 9.17) is 10.2 Å². The van der Waals surface area contributed by atoms with E-state index in [0.717, 1.165) is 11.4 Å². The Morgan fingerprint density at radius 2 is 1.14 bits per heavy atom. The summed E-state index contributed by atoms with van der Waals surface area (Å²) in [5.74, 6) is 0.269. The van der Waals surface area contributed by atoms with Crippen LogP contribution in [-0.2, 0) is 0 Å². The van der Waals surface area contributed by atoms with Crippen molar-refractivity contribution in [3.63, 3.8) is 0 Å². The number of phenolic OH excluding ortho intramolecular Hbond substituents is 2. The minimum atomic E-state index is 0.134. The second-order valence-electron chi connectivity index (χ2n) is 4.35. The summed E-state index contributed by atoms with van der Waals surface area (Å²) in [5, 5.41) is 17.9. The summed E-state index contributed by atoms with van der Waals surface area (Å²) in [7, 11) is 0. The molecule has 2 aromatic heterocycles. The number of hydrogen-bond acceptors (Lipinski definition) is 4. The van der Waals surface area contributed by atoms with Gasteiger partial charge in [-0.15, -0.1) is 0 Å². The highest BCUT2D eigenvalue weighted by molar-refractivity contribution is 5.52. The second kappa shape index (κ2) is 7.05. The predicted octanol–water partition coefficient (Wildman–Crippen LogP) is 3.55. The monoisotopic (exact) mass is 280 g/mol. The van der Waals surface area contributed by atoms with Gasteiger partial charge >= 0.3 is 0 Å². The zero-order chi connectivity index (χ0) is 15.1. The lowest BCUT2D eigenvalue weighted by Gasteiger charge is -1.98. The van der Waals surface area contributed by atoms with Crippen LogP contribution in [0.2, 0.25) is 0 Å². The van der Waals surface area contributed by atoms with Crippen LogP contribution in [0.3, 0.4) is 0 Å². The van der Waals surface area contributed by atoms with Crippen LogP contribution in [0, 0.1) is 6.92 Å². The normalized spacial score (nSPS) is 9.57. The molecule has 2 N–H and O–H groups in total. The molecule has 0 saturated heterocycles. The summed E-state index contributed by atoms with van der Waals surface area (Å²) in [6, 6.07) is 16.3. The van der Waals surface area contributed by atoms with E-state index in [1.807, 2.05) is 36.4 Å². The number of aromatic nitrogens is 2. The van der Waals surface area contributed by atoms with Gasteiger partial charge in [-0.2, -0.15) is 0 Å². The molecule has 0 bridgehead atoms. The number of pyridine rings is 2. The zero-order valence-electron chi connectivity index (χ0n) is 11.6. The molecule has 21 heavy (non-hydrogen) atoms. The van der Waals surface area contributed by atoms with E-state index in [2.05, 4.69) is 9.97 Å². The molecule has 0 radical (unpaired) electrons. The maximum atomic E-state index is 8.94. The van der Waals surface area contributed by atoms with Crippen LogP contribution in [-0.4, -0.2) is 20.2 Å². The Bertz CT molecular complexity index is 628. The lowest BCUT2D eigenvalue weighted by atomic mass is 10.2. The largest absolute Gasteiger partial charge is 0.508 e. The standard InChI is InChI=1S/C10H8N2.C7H8O2/c1-3-7-11-9(5-1)10-6-2-4-8-12-10;1-5-6(8)3-2-4-7(5)9/h1-8H;2-4,8-9H,1H3. The molecule has 0 unspecified atom stereocenters. The average Bonchev–Trinajstić information content (AvgIpc) is 2.55. The van der Waals surface area contributed by atoms with Crippen LogP contribution in [0.1, 0.15) is 5.56 Å². The Kier molecular flexibility index (Phi) is 4.88. The van der Waals surface area contributed by atoms with Crippen molar-refractivity contribution in [1.29, 1.82) is 0 Å². The lowest BCUT2D eigenvalue weighted by Crippen LogP contribution is -1.83. The molecule has 4 heteroatoms. The second-order valence-corrected chi connectivity index (χ2v) is 4.35. The van der Waals surface area contributed by atoms with E-state index >= 15 is 0 Å². The Hall–Kier alpha value is -2.88. The van der Waals surface area contributed by atoms with Gasteiger partial charge in [0.2, 0.25) is 0 Å². The third-order valence-corrected chi connectivity index (χ3v) is 2.87. The molecular formula is C17H16N2O2. The quantitative estimate of drug-likeness (QED) is 0.715. The molecule has 0 saturated carbocycles. The molecule has 0 atom stereocenters. The highest BCUT2D eigenvalue weighted by Crippen LogP contribution is 2.23. The van der Waals surface area contributed by atoms with Crippen molar-refractivity contribution in [2.24, 2.45) is 0 Å². The van der Waals surface area contributed by atoms with Crippen LogP contribution in [0.25, 0.3) is 11.4 Å². The molecule has 0 aliphatic heterocycles. The van der Waals surface area contributed by atoms with Gasteiger partial charge in [-0.05, 0) is 43.3 Å². The van der Waals surface area contributed by atoms with Gasteiger partial charge < -0.3 is 10.2 Å². The number of aromatic hydroxyl groups is 2. The summed E-state index contributed by atoms with van der Waals surface area (Å²) in [6.07, 6.45) is 3.54. The minimum absolute atomic E-state index is 0.134. The Morgan fingerprint density at radius 3 is 1.48 bits per heavy atom. The topological polar surface area (TPSA) is 66.2 Å². The van der Waals surface area contributed by atoms with Crippen LogP contribution in [0.4, 0.5) is 0 Å². The summed E-state index contributed by atoms with van der Waals surface area (Å²) >= 11 is 0. The van der Waals surface area contributed by atoms with Crippen molar-refractivity contribution >= 4 is 0 Å². The molecule has 3 rings (SSSR count).